The fourth-order valence-electron chi connectivity index (χ4n) is 1.91. The van der Waals surface area contributed by atoms with Crippen LogP contribution in [0.3, 0.4) is 0 Å². The number of guanidine groups is 1. The van der Waals surface area contributed by atoms with Crippen LogP contribution in [0, 0.1) is 0 Å². The fraction of sp³-hybridized carbons (Fsp3) is 0.312. The van der Waals surface area contributed by atoms with Crippen LogP contribution in [0.15, 0.2) is 40.7 Å². The van der Waals surface area contributed by atoms with Crippen molar-refractivity contribution in [3.63, 3.8) is 0 Å². The molecule has 0 atom stereocenters. The standard InChI is InChI=1S/C16H21N3O2S.HI/c1-3-17-16(19-11-14-5-4-8-22-14)18-10-12-9-13(21-2)6-7-15(12)20;/h4-9,20H,3,10-11H2,1-2H3,(H2,17,18,19);1H. The number of aromatic hydroxyl groups is 1. The molecule has 126 valence electrons. The molecular formula is C16H22IN3O2S. The number of ether oxygens (including phenoxy) is 1. The Kier molecular flexibility index (Phi) is 8.78. The van der Waals surface area contributed by atoms with Crippen LogP contribution in [0.4, 0.5) is 0 Å². The van der Waals surface area contributed by atoms with Crippen molar-refractivity contribution in [3.05, 3.63) is 46.2 Å². The quantitative estimate of drug-likeness (QED) is 0.361. The van der Waals surface area contributed by atoms with Crippen LogP contribution >= 0.6 is 35.3 Å². The zero-order valence-corrected chi connectivity index (χ0v) is 16.4. The van der Waals surface area contributed by atoms with Gasteiger partial charge in [0.1, 0.15) is 11.5 Å². The molecule has 2 aromatic rings. The second-order valence-corrected chi connectivity index (χ2v) is 5.65. The third-order valence-electron chi connectivity index (χ3n) is 3.05. The smallest absolute Gasteiger partial charge is 0.191 e. The summed E-state index contributed by atoms with van der Waals surface area (Å²) in [4.78, 5) is 5.75. The van der Waals surface area contributed by atoms with E-state index in [9.17, 15) is 5.11 Å². The number of nitrogens with zero attached hydrogens (tertiary/aromatic N) is 1. The molecule has 0 aliphatic carbocycles. The molecule has 2 rings (SSSR count). The van der Waals surface area contributed by atoms with Gasteiger partial charge < -0.3 is 20.5 Å². The van der Waals surface area contributed by atoms with Gasteiger partial charge in [0.25, 0.3) is 0 Å². The van der Waals surface area contributed by atoms with E-state index in [-0.39, 0.29) is 29.7 Å². The van der Waals surface area contributed by atoms with Gasteiger partial charge in [0.15, 0.2) is 5.96 Å². The molecule has 1 aromatic carbocycles. The lowest BCUT2D eigenvalue weighted by Gasteiger charge is -2.11. The van der Waals surface area contributed by atoms with E-state index in [1.807, 2.05) is 13.0 Å². The normalized spacial score (nSPS) is 10.8. The van der Waals surface area contributed by atoms with Gasteiger partial charge in [-0.05, 0) is 36.6 Å². The minimum absolute atomic E-state index is 0. The Bertz CT molecular complexity index is 618. The average molecular weight is 447 g/mol. The van der Waals surface area contributed by atoms with Crippen LogP contribution in [0.1, 0.15) is 17.4 Å². The van der Waals surface area contributed by atoms with Crippen molar-refractivity contribution in [2.75, 3.05) is 13.7 Å². The molecule has 0 spiro atoms. The number of methoxy groups -OCH3 is 1. The number of hydrogen-bond donors (Lipinski definition) is 3. The Morgan fingerprint density at radius 3 is 2.78 bits per heavy atom. The van der Waals surface area contributed by atoms with E-state index in [1.165, 1.54) is 4.88 Å². The van der Waals surface area contributed by atoms with E-state index < -0.39 is 0 Å². The van der Waals surface area contributed by atoms with Crippen molar-refractivity contribution < 1.29 is 9.84 Å². The number of phenolic OH excluding ortho intramolecular Hbond substituents is 1. The summed E-state index contributed by atoms with van der Waals surface area (Å²) < 4.78 is 5.17. The van der Waals surface area contributed by atoms with Gasteiger partial charge in [0.2, 0.25) is 0 Å². The Morgan fingerprint density at radius 1 is 1.30 bits per heavy atom. The second-order valence-electron chi connectivity index (χ2n) is 4.62. The largest absolute Gasteiger partial charge is 0.508 e. The molecule has 7 heteroatoms. The highest BCUT2D eigenvalue weighted by Gasteiger charge is 2.04. The molecule has 5 nitrogen and oxygen atoms in total. The second kappa shape index (κ2) is 10.3. The SMILES string of the molecule is CCNC(=NCc1cc(OC)ccc1O)NCc1cccs1.I. The first kappa shape index (κ1) is 19.6. The lowest BCUT2D eigenvalue weighted by molar-refractivity contribution is 0.411. The van der Waals surface area contributed by atoms with Gasteiger partial charge in [0.05, 0.1) is 20.2 Å². The van der Waals surface area contributed by atoms with Crippen molar-refractivity contribution in [2.45, 2.75) is 20.0 Å². The lowest BCUT2D eigenvalue weighted by atomic mass is 10.2. The monoisotopic (exact) mass is 447 g/mol. The number of aliphatic imine (C=N–C) groups is 1. The van der Waals surface area contributed by atoms with Crippen LogP contribution in [-0.4, -0.2) is 24.7 Å². The molecule has 1 aromatic heterocycles. The molecule has 0 aliphatic heterocycles. The van der Waals surface area contributed by atoms with Crippen LogP contribution in [0.25, 0.3) is 0 Å². The van der Waals surface area contributed by atoms with Gasteiger partial charge in [-0.15, -0.1) is 35.3 Å². The van der Waals surface area contributed by atoms with Crippen molar-refractivity contribution in [3.8, 4) is 11.5 Å². The molecule has 0 radical (unpaired) electrons. The van der Waals surface area contributed by atoms with E-state index in [1.54, 1.807) is 36.6 Å². The van der Waals surface area contributed by atoms with Gasteiger partial charge in [-0.3, -0.25) is 0 Å². The minimum Gasteiger partial charge on any atom is -0.508 e. The number of halogens is 1. The van der Waals surface area contributed by atoms with Crippen LogP contribution in [-0.2, 0) is 13.1 Å². The fourth-order valence-corrected chi connectivity index (χ4v) is 2.55. The summed E-state index contributed by atoms with van der Waals surface area (Å²) in [5, 5.41) is 18.4. The summed E-state index contributed by atoms with van der Waals surface area (Å²) in [5.41, 5.74) is 0.729. The number of rotatable bonds is 6. The van der Waals surface area contributed by atoms with Crippen LogP contribution < -0.4 is 15.4 Å². The summed E-state index contributed by atoms with van der Waals surface area (Å²) in [6.07, 6.45) is 0. The zero-order valence-electron chi connectivity index (χ0n) is 13.2. The average Bonchev–Trinajstić information content (AvgIpc) is 3.05. The number of nitrogens with one attached hydrogen (secondary N) is 2. The summed E-state index contributed by atoms with van der Waals surface area (Å²) in [6.45, 7) is 3.90. The van der Waals surface area contributed by atoms with Crippen molar-refractivity contribution in [1.29, 1.82) is 0 Å². The Labute approximate surface area is 157 Å². The maximum absolute atomic E-state index is 9.89. The first-order valence-electron chi connectivity index (χ1n) is 7.13. The Balaban J connectivity index is 0.00000264. The summed E-state index contributed by atoms with van der Waals surface area (Å²) in [7, 11) is 1.60. The topological polar surface area (TPSA) is 65.9 Å². The third-order valence-corrected chi connectivity index (χ3v) is 3.92. The number of hydrogen-bond acceptors (Lipinski definition) is 4. The predicted octanol–water partition coefficient (Wildman–Crippen LogP) is 3.34. The molecular weight excluding hydrogens is 425 g/mol. The van der Waals surface area contributed by atoms with E-state index in [4.69, 9.17) is 4.74 Å². The third kappa shape index (κ3) is 6.26. The van der Waals surface area contributed by atoms with Crippen molar-refractivity contribution in [2.24, 2.45) is 4.99 Å². The first-order chi connectivity index (χ1) is 10.7. The van der Waals surface area contributed by atoms with Gasteiger partial charge in [-0.25, -0.2) is 4.99 Å². The molecule has 0 saturated carbocycles. The molecule has 23 heavy (non-hydrogen) atoms. The highest BCUT2D eigenvalue weighted by Crippen LogP contribution is 2.23. The van der Waals surface area contributed by atoms with Crippen LogP contribution in [0.2, 0.25) is 0 Å². The maximum atomic E-state index is 9.89. The molecule has 1 heterocycles. The van der Waals surface area contributed by atoms with Gasteiger partial charge in [-0.1, -0.05) is 6.07 Å². The van der Waals surface area contributed by atoms with E-state index in [2.05, 4.69) is 27.1 Å². The predicted molar refractivity (Wildman–Crippen MR) is 106 cm³/mol. The minimum atomic E-state index is 0. The lowest BCUT2D eigenvalue weighted by Crippen LogP contribution is -2.36. The molecule has 3 N–H and O–H groups in total. The van der Waals surface area contributed by atoms with Crippen molar-refractivity contribution >= 4 is 41.3 Å². The highest BCUT2D eigenvalue weighted by molar-refractivity contribution is 14.0. The van der Waals surface area contributed by atoms with Crippen molar-refractivity contribution in [1.82, 2.24) is 10.6 Å². The van der Waals surface area contributed by atoms with Gasteiger partial charge >= 0.3 is 0 Å². The number of phenols is 1. The molecule has 0 saturated heterocycles. The van der Waals surface area contributed by atoms with E-state index in [0.29, 0.717) is 12.3 Å². The van der Waals surface area contributed by atoms with Gasteiger partial charge in [0, 0.05) is 17.0 Å². The summed E-state index contributed by atoms with van der Waals surface area (Å²) >= 11 is 1.70. The Hall–Kier alpha value is -1.48. The zero-order chi connectivity index (χ0) is 15.8. The Morgan fingerprint density at radius 2 is 2.13 bits per heavy atom. The first-order valence-corrected chi connectivity index (χ1v) is 8.01. The number of thiophene rings is 1. The molecule has 0 unspecified atom stereocenters. The maximum Gasteiger partial charge on any atom is 0.191 e. The highest BCUT2D eigenvalue weighted by atomic mass is 127. The van der Waals surface area contributed by atoms with Crippen LogP contribution in [0.5, 0.6) is 11.5 Å². The van der Waals surface area contributed by atoms with E-state index in [0.717, 1.165) is 24.6 Å². The summed E-state index contributed by atoms with van der Waals surface area (Å²) in [5.74, 6) is 1.65. The summed E-state index contributed by atoms with van der Waals surface area (Å²) in [6, 6.07) is 9.25. The molecule has 0 fully saturated rings. The molecule has 0 bridgehead atoms. The number of benzene rings is 1. The van der Waals surface area contributed by atoms with Gasteiger partial charge in [-0.2, -0.15) is 0 Å². The molecule has 0 amide bonds. The van der Waals surface area contributed by atoms with E-state index >= 15 is 0 Å². The molecule has 0 aliphatic rings.